The second-order valence-corrected chi connectivity index (χ2v) is 7.23. The van der Waals surface area contributed by atoms with Gasteiger partial charge in [-0.05, 0) is 30.2 Å². The van der Waals surface area contributed by atoms with Crippen LogP contribution in [0.5, 0.6) is 0 Å². The van der Waals surface area contributed by atoms with Crippen molar-refractivity contribution in [3.05, 3.63) is 94.8 Å². The fourth-order valence-corrected chi connectivity index (χ4v) is 3.67. The van der Waals surface area contributed by atoms with Gasteiger partial charge in [-0.15, -0.1) is 0 Å². The Morgan fingerprint density at radius 3 is 1.72 bits per heavy atom. The van der Waals surface area contributed by atoms with E-state index in [1.54, 1.807) is 41.6 Å². The summed E-state index contributed by atoms with van der Waals surface area (Å²) in [4.78, 5) is 39.1. The highest BCUT2D eigenvalue weighted by molar-refractivity contribution is 5.98. The van der Waals surface area contributed by atoms with E-state index in [0.717, 1.165) is 5.56 Å². The van der Waals surface area contributed by atoms with Crippen molar-refractivity contribution in [2.75, 3.05) is 21.3 Å². The maximum absolute atomic E-state index is 12.8. The van der Waals surface area contributed by atoms with Crippen molar-refractivity contribution in [1.82, 2.24) is 4.90 Å². The Kier molecular flexibility index (Phi) is 7.10. The molecule has 3 rings (SSSR count). The predicted octanol–water partition coefficient (Wildman–Crippen LogP) is 3.75. The minimum absolute atomic E-state index is 0.154. The van der Waals surface area contributed by atoms with E-state index in [2.05, 4.69) is 0 Å². The highest BCUT2D eigenvalue weighted by Gasteiger charge is 2.36. The zero-order valence-electron chi connectivity index (χ0n) is 18.4. The second kappa shape index (κ2) is 9.96. The third-order valence-electron chi connectivity index (χ3n) is 5.43. The van der Waals surface area contributed by atoms with Gasteiger partial charge in [-0.25, -0.2) is 14.4 Å². The minimum Gasteiger partial charge on any atom is -0.466 e. The number of rotatable bonds is 6. The lowest BCUT2D eigenvalue weighted by molar-refractivity contribution is -0.137. The first kappa shape index (κ1) is 22.8. The van der Waals surface area contributed by atoms with Gasteiger partial charge in [-0.1, -0.05) is 42.5 Å². The SMILES string of the molecule is COC(=O)C1=CN(C(C)c2ccccc2)C=C(C(=O)OC)C1c1ccc(C(=O)OC)cc1. The smallest absolute Gasteiger partial charge is 0.337 e. The number of ether oxygens (including phenoxy) is 3. The van der Waals surface area contributed by atoms with Crippen LogP contribution < -0.4 is 0 Å². The maximum Gasteiger partial charge on any atom is 0.337 e. The highest BCUT2D eigenvalue weighted by atomic mass is 16.5. The van der Waals surface area contributed by atoms with E-state index in [0.29, 0.717) is 11.1 Å². The van der Waals surface area contributed by atoms with Crippen molar-refractivity contribution in [3.8, 4) is 0 Å². The van der Waals surface area contributed by atoms with Gasteiger partial charge in [0.05, 0.1) is 50.0 Å². The molecule has 0 saturated heterocycles. The number of benzene rings is 2. The summed E-state index contributed by atoms with van der Waals surface area (Å²) in [7, 11) is 3.89. The summed E-state index contributed by atoms with van der Waals surface area (Å²) in [5.74, 6) is -2.32. The molecule has 7 heteroatoms. The minimum atomic E-state index is -0.721. The molecule has 1 unspecified atom stereocenters. The van der Waals surface area contributed by atoms with Crippen LogP contribution in [0.15, 0.2) is 78.1 Å². The molecule has 0 aromatic heterocycles. The van der Waals surface area contributed by atoms with Crippen LogP contribution >= 0.6 is 0 Å². The third-order valence-corrected chi connectivity index (χ3v) is 5.43. The molecule has 0 spiro atoms. The molecule has 1 aliphatic heterocycles. The number of carbonyl (C=O) groups excluding carboxylic acids is 3. The van der Waals surface area contributed by atoms with Gasteiger partial charge in [0.25, 0.3) is 0 Å². The summed E-state index contributed by atoms with van der Waals surface area (Å²) >= 11 is 0. The molecule has 0 fully saturated rings. The molecule has 0 bridgehead atoms. The Hall–Kier alpha value is -3.87. The van der Waals surface area contributed by atoms with Crippen molar-refractivity contribution >= 4 is 17.9 Å². The summed E-state index contributed by atoms with van der Waals surface area (Å²) in [6.07, 6.45) is 3.38. The van der Waals surface area contributed by atoms with Crippen LogP contribution in [0.4, 0.5) is 0 Å². The average molecular weight is 435 g/mol. The quantitative estimate of drug-likeness (QED) is 0.505. The standard InChI is InChI=1S/C25H25NO6/c1-16(17-8-6-5-7-9-17)26-14-20(24(28)31-3)22(21(15-26)25(29)32-4)18-10-12-19(13-11-18)23(27)30-2/h5-16,22H,1-4H3. The molecule has 0 radical (unpaired) electrons. The van der Waals surface area contributed by atoms with Gasteiger partial charge < -0.3 is 19.1 Å². The fraction of sp³-hybridized carbons (Fsp3) is 0.240. The van der Waals surface area contributed by atoms with E-state index in [9.17, 15) is 14.4 Å². The molecule has 0 N–H and O–H groups in total. The summed E-state index contributed by atoms with van der Waals surface area (Å²) in [5, 5.41) is 0. The molecule has 1 heterocycles. The van der Waals surface area contributed by atoms with E-state index < -0.39 is 23.8 Å². The number of carbonyl (C=O) groups is 3. The van der Waals surface area contributed by atoms with Crippen LogP contribution in [0, 0.1) is 0 Å². The monoisotopic (exact) mass is 435 g/mol. The second-order valence-electron chi connectivity index (χ2n) is 7.23. The van der Waals surface area contributed by atoms with Crippen molar-refractivity contribution in [1.29, 1.82) is 0 Å². The Balaban J connectivity index is 2.10. The largest absolute Gasteiger partial charge is 0.466 e. The van der Waals surface area contributed by atoms with Crippen LogP contribution in [0.2, 0.25) is 0 Å². The van der Waals surface area contributed by atoms with Gasteiger partial charge in [0, 0.05) is 12.4 Å². The van der Waals surface area contributed by atoms with Gasteiger partial charge in [0.2, 0.25) is 0 Å². The Morgan fingerprint density at radius 2 is 1.25 bits per heavy atom. The van der Waals surface area contributed by atoms with Crippen LogP contribution in [-0.4, -0.2) is 44.1 Å². The zero-order chi connectivity index (χ0) is 23.3. The van der Waals surface area contributed by atoms with E-state index in [4.69, 9.17) is 14.2 Å². The molecule has 0 aliphatic carbocycles. The van der Waals surface area contributed by atoms with Crippen LogP contribution in [0.3, 0.4) is 0 Å². The van der Waals surface area contributed by atoms with Gasteiger partial charge in [-0.2, -0.15) is 0 Å². The van der Waals surface area contributed by atoms with Gasteiger partial charge >= 0.3 is 17.9 Å². The lowest BCUT2D eigenvalue weighted by Crippen LogP contribution is -2.30. The van der Waals surface area contributed by atoms with Gasteiger partial charge in [-0.3, -0.25) is 0 Å². The zero-order valence-corrected chi connectivity index (χ0v) is 18.4. The first-order chi connectivity index (χ1) is 15.4. The number of esters is 3. The van der Waals surface area contributed by atoms with E-state index >= 15 is 0 Å². The molecule has 166 valence electrons. The maximum atomic E-state index is 12.8. The summed E-state index contributed by atoms with van der Waals surface area (Å²) in [5.41, 5.74) is 2.57. The molecular formula is C25H25NO6. The lowest BCUT2D eigenvalue weighted by atomic mass is 9.82. The van der Waals surface area contributed by atoms with Crippen molar-refractivity contribution in [2.45, 2.75) is 18.9 Å². The molecule has 0 saturated carbocycles. The first-order valence-electron chi connectivity index (χ1n) is 10.0. The van der Waals surface area contributed by atoms with Crippen LogP contribution in [0.25, 0.3) is 0 Å². The number of nitrogens with zero attached hydrogens (tertiary/aromatic N) is 1. The molecule has 2 aromatic carbocycles. The highest BCUT2D eigenvalue weighted by Crippen LogP contribution is 2.39. The predicted molar refractivity (Wildman–Crippen MR) is 117 cm³/mol. The van der Waals surface area contributed by atoms with Crippen LogP contribution in [-0.2, 0) is 23.8 Å². The Labute approximate surface area is 186 Å². The molecule has 0 amide bonds. The number of hydrogen-bond acceptors (Lipinski definition) is 7. The fourth-order valence-electron chi connectivity index (χ4n) is 3.67. The van der Waals surface area contributed by atoms with Crippen molar-refractivity contribution in [2.24, 2.45) is 0 Å². The lowest BCUT2D eigenvalue weighted by Gasteiger charge is -2.33. The third kappa shape index (κ3) is 4.56. The molecule has 32 heavy (non-hydrogen) atoms. The molecule has 7 nitrogen and oxygen atoms in total. The number of methoxy groups -OCH3 is 3. The van der Waals surface area contributed by atoms with Crippen LogP contribution in [0.1, 0.15) is 40.4 Å². The molecule has 1 atom stereocenters. The van der Waals surface area contributed by atoms with E-state index in [-0.39, 0.29) is 17.2 Å². The first-order valence-corrected chi connectivity index (χ1v) is 10.0. The summed E-state index contributed by atoms with van der Waals surface area (Å²) < 4.78 is 14.8. The van der Waals surface area contributed by atoms with Crippen molar-refractivity contribution in [3.63, 3.8) is 0 Å². The van der Waals surface area contributed by atoms with E-state index in [1.165, 1.54) is 21.3 Å². The summed E-state index contributed by atoms with van der Waals surface area (Å²) in [6.45, 7) is 1.97. The topological polar surface area (TPSA) is 82.1 Å². The Bertz CT molecular complexity index is 1020. The average Bonchev–Trinajstić information content (AvgIpc) is 2.86. The molecular weight excluding hydrogens is 410 g/mol. The van der Waals surface area contributed by atoms with E-state index in [1.807, 2.05) is 37.3 Å². The van der Waals surface area contributed by atoms with Gasteiger partial charge in [0.15, 0.2) is 0 Å². The normalized spacial score (nSPS) is 14.7. The van der Waals surface area contributed by atoms with Crippen molar-refractivity contribution < 1.29 is 28.6 Å². The molecule has 1 aliphatic rings. The summed E-state index contributed by atoms with van der Waals surface area (Å²) in [6, 6.07) is 16.1. The molecule has 2 aromatic rings. The number of hydrogen-bond donors (Lipinski definition) is 0. The van der Waals surface area contributed by atoms with Gasteiger partial charge in [0.1, 0.15) is 0 Å². The Morgan fingerprint density at radius 1 is 0.750 bits per heavy atom.